The molecule has 0 saturated carbocycles. The number of para-hydroxylation sites is 1. The quantitative estimate of drug-likeness (QED) is 0.542. The summed E-state index contributed by atoms with van der Waals surface area (Å²) < 4.78 is 2.37. The summed E-state index contributed by atoms with van der Waals surface area (Å²) in [6.07, 6.45) is 7.82. The smallest absolute Gasteiger partial charge is 0.117 e. The fourth-order valence-corrected chi connectivity index (χ4v) is 3.33. The van der Waals surface area contributed by atoms with Crippen LogP contribution in [-0.4, -0.2) is 9.67 Å². The summed E-state index contributed by atoms with van der Waals surface area (Å²) in [6.45, 7) is 3.28. The molecule has 3 aromatic rings. The summed E-state index contributed by atoms with van der Waals surface area (Å²) in [6, 6.07) is 14.2. The number of unbranched alkanes of at least 4 members (excludes halogenated alkanes) is 5. The lowest BCUT2D eigenvalue weighted by Crippen LogP contribution is -1.97. The maximum Gasteiger partial charge on any atom is 0.117 e. The first kappa shape index (κ1) is 15.0. The van der Waals surface area contributed by atoms with Crippen LogP contribution in [0, 0.1) is 0 Å². The van der Waals surface area contributed by atoms with Gasteiger partial charge in [0.25, 0.3) is 0 Å². The van der Waals surface area contributed by atoms with Gasteiger partial charge in [-0.2, -0.15) is 0 Å². The van der Waals surface area contributed by atoms with Crippen LogP contribution in [0.15, 0.2) is 42.5 Å². The van der Waals surface area contributed by atoms with Crippen molar-refractivity contribution in [3.05, 3.63) is 42.5 Å². The first-order valence-corrected chi connectivity index (χ1v) is 8.51. The highest BCUT2D eigenvalue weighted by Gasteiger charge is 2.10. The third-order valence-corrected chi connectivity index (χ3v) is 4.49. The Morgan fingerprint density at radius 1 is 0.818 bits per heavy atom. The molecule has 2 heteroatoms. The summed E-state index contributed by atoms with van der Waals surface area (Å²) >= 11 is 0. The normalized spacial score (nSPS) is 11.5. The first-order chi connectivity index (χ1) is 10.8. The molecule has 0 spiro atoms. The maximum absolute atomic E-state index is 9.84. The molecule has 0 unspecified atom stereocenters. The molecule has 0 atom stereocenters. The largest absolute Gasteiger partial charge is 0.508 e. The van der Waals surface area contributed by atoms with Crippen LogP contribution < -0.4 is 0 Å². The Hall–Kier alpha value is -1.96. The monoisotopic (exact) mass is 295 g/mol. The van der Waals surface area contributed by atoms with Crippen molar-refractivity contribution in [3.8, 4) is 5.75 Å². The van der Waals surface area contributed by atoms with Crippen LogP contribution in [0.5, 0.6) is 5.75 Å². The third-order valence-electron chi connectivity index (χ3n) is 4.49. The van der Waals surface area contributed by atoms with Crippen molar-refractivity contribution in [2.75, 3.05) is 0 Å². The number of fused-ring (bicyclic) bond motifs is 3. The van der Waals surface area contributed by atoms with Crippen LogP contribution in [0.2, 0.25) is 0 Å². The molecule has 0 bridgehead atoms. The highest BCUT2D eigenvalue weighted by Crippen LogP contribution is 2.31. The van der Waals surface area contributed by atoms with Gasteiger partial charge in [0.15, 0.2) is 0 Å². The number of aromatic hydroxyl groups is 1. The highest BCUT2D eigenvalue weighted by atomic mass is 16.3. The first-order valence-electron chi connectivity index (χ1n) is 8.51. The fraction of sp³-hybridized carbons (Fsp3) is 0.400. The molecule has 22 heavy (non-hydrogen) atoms. The average Bonchev–Trinajstić information content (AvgIpc) is 2.84. The molecule has 3 rings (SSSR count). The van der Waals surface area contributed by atoms with E-state index in [1.165, 1.54) is 54.8 Å². The predicted molar refractivity (Wildman–Crippen MR) is 94.5 cm³/mol. The van der Waals surface area contributed by atoms with Crippen molar-refractivity contribution in [1.29, 1.82) is 0 Å². The summed E-state index contributed by atoms with van der Waals surface area (Å²) in [5.74, 6) is 0.347. The van der Waals surface area contributed by atoms with E-state index in [2.05, 4.69) is 35.8 Å². The van der Waals surface area contributed by atoms with Gasteiger partial charge in [-0.3, -0.25) is 0 Å². The van der Waals surface area contributed by atoms with E-state index in [4.69, 9.17) is 0 Å². The fourth-order valence-electron chi connectivity index (χ4n) is 3.33. The van der Waals surface area contributed by atoms with Gasteiger partial charge in [0.05, 0.1) is 5.52 Å². The van der Waals surface area contributed by atoms with Crippen LogP contribution in [-0.2, 0) is 6.54 Å². The molecule has 0 aliphatic heterocycles. The lowest BCUT2D eigenvalue weighted by molar-refractivity contribution is 0.475. The summed E-state index contributed by atoms with van der Waals surface area (Å²) in [7, 11) is 0. The number of nitrogens with zero attached hydrogens (tertiary/aromatic N) is 1. The van der Waals surface area contributed by atoms with E-state index in [-0.39, 0.29) is 0 Å². The van der Waals surface area contributed by atoms with Gasteiger partial charge in [-0.05, 0) is 24.6 Å². The second-order valence-corrected chi connectivity index (χ2v) is 6.14. The van der Waals surface area contributed by atoms with Gasteiger partial charge < -0.3 is 9.67 Å². The van der Waals surface area contributed by atoms with Crippen molar-refractivity contribution >= 4 is 21.8 Å². The SMILES string of the molecule is CCCCCCCCn1c2ccccc2c2ccc(O)cc21. The van der Waals surface area contributed by atoms with Crippen molar-refractivity contribution in [3.63, 3.8) is 0 Å². The van der Waals surface area contributed by atoms with Gasteiger partial charge in [0, 0.05) is 28.9 Å². The van der Waals surface area contributed by atoms with Gasteiger partial charge in [-0.15, -0.1) is 0 Å². The Morgan fingerprint density at radius 3 is 2.41 bits per heavy atom. The average molecular weight is 295 g/mol. The van der Waals surface area contributed by atoms with Crippen molar-refractivity contribution < 1.29 is 5.11 Å². The van der Waals surface area contributed by atoms with Crippen LogP contribution in [0.25, 0.3) is 21.8 Å². The Labute approximate surface area is 132 Å². The molecule has 0 aliphatic carbocycles. The zero-order valence-corrected chi connectivity index (χ0v) is 13.4. The van der Waals surface area contributed by atoms with E-state index >= 15 is 0 Å². The molecule has 1 aromatic heterocycles. The molecule has 0 radical (unpaired) electrons. The minimum Gasteiger partial charge on any atom is -0.508 e. The molecule has 116 valence electrons. The van der Waals surface area contributed by atoms with Crippen molar-refractivity contribution in [2.45, 2.75) is 52.0 Å². The lowest BCUT2D eigenvalue weighted by Gasteiger charge is -2.07. The number of aryl methyl sites for hydroxylation is 1. The van der Waals surface area contributed by atoms with Crippen molar-refractivity contribution in [2.24, 2.45) is 0 Å². The standard InChI is InChI=1S/C20H25NO/c1-2-3-4-5-6-9-14-21-19-11-8-7-10-17(19)18-13-12-16(22)15-20(18)21/h7-8,10-13,15,22H,2-6,9,14H2,1H3. The number of hydrogen-bond donors (Lipinski definition) is 1. The highest BCUT2D eigenvalue weighted by molar-refractivity contribution is 6.08. The molecule has 1 heterocycles. The topological polar surface area (TPSA) is 25.2 Å². The molecule has 2 nitrogen and oxygen atoms in total. The van der Waals surface area contributed by atoms with Gasteiger partial charge in [-0.1, -0.05) is 57.2 Å². The number of phenolic OH excluding ortho intramolecular Hbond substituents is 1. The van der Waals surface area contributed by atoms with Crippen LogP contribution in [0.4, 0.5) is 0 Å². The number of aromatic nitrogens is 1. The number of hydrogen-bond acceptors (Lipinski definition) is 1. The molecule has 1 N–H and O–H groups in total. The number of rotatable bonds is 7. The molecule has 0 aliphatic rings. The minimum atomic E-state index is 0.347. The predicted octanol–water partition coefficient (Wildman–Crippen LogP) is 5.86. The van der Waals surface area contributed by atoms with Crippen LogP contribution >= 0.6 is 0 Å². The van der Waals surface area contributed by atoms with Gasteiger partial charge >= 0.3 is 0 Å². The molecule has 0 amide bonds. The zero-order chi connectivity index (χ0) is 15.4. The summed E-state index contributed by atoms with van der Waals surface area (Å²) in [5.41, 5.74) is 2.42. The molecule has 2 aromatic carbocycles. The lowest BCUT2D eigenvalue weighted by atomic mass is 10.1. The number of phenols is 1. The zero-order valence-electron chi connectivity index (χ0n) is 13.4. The van der Waals surface area contributed by atoms with Gasteiger partial charge in [-0.25, -0.2) is 0 Å². The second-order valence-electron chi connectivity index (χ2n) is 6.14. The molecule has 0 fully saturated rings. The summed E-state index contributed by atoms with van der Waals surface area (Å²) in [4.78, 5) is 0. The Kier molecular flexibility index (Phi) is 4.67. The molecular weight excluding hydrogens is 270 g/mol. The third kappa shape index (κ3) is 2.96. The van der Waals surface area contributed by atoms with E-state index in [9.17, 15) is 5.11 Å². The Bertz CT molecular complexity index is 757. The molecule has 0 saturated heterocycles. The Morgan fingerprint density at radius 2 is 1.55 bits per heavy atom. The minimum absolute atomic E-state index is 0.347. The van der Waals surface area contributed by atoms with Gasteiger partial charge in [0.2, 0.25) is 0 Å². The van der Waals surface area contributed by atoms with E-state index in [0.29, 0.717) is 5.75 Å². The van der Waals surface area contributed by atoms with Gasteiger partial charge in [0.1, 0.15) is 5.75 Å². The summed E-state index contributed by atoms with van der Waals surface area (Å²) in [5, 5.41) is 12.4. The molecular formula is C20H25NO. The van der Waals surface area contributed by atoms with Crippen LogP contribution in [0.3, 0.4) is 0 Å². The maximum atomic E-state index is 9.84. The van der Waals surface area contributed by atoms with E-state index in [1.807, 2.05) is 12.1 Å². The van der Waals surface area contributed by atoms with Crippen molar-refractivity contribution in [1.82, 2.24) is 4.57 Å². The Balaban J connectivity index is 1.84. The van der Waals surface area contributed by atoms with E-state index < -0.39 is 0 Å². The second kappa shape index (κ2) is 6.87. The van der Waals surface area contributed by atoms with Crippen LogP contribution in [0.1, 0.15) is 45.4 Å². The number of benzene rings is 2. The van der Waals surface area contributed by atoms with E-state index in [0.717, 1.165) is 12.1 Å². The van der Waals surface area contributed by atoms with E-state index in [1.54, 1.807) is 6.07 Å².